The Kier molecular flexibility index (Phi) is 3.27. The molecule has 0 aromatic heterocycles. The van der Waals surface area contributed by atoms with Crippen LogP contribution in [0.1, 0.15) is 44.4 Å². The number of thiocarbonyl (C=S) groups is 1. The molecule has 0 saturated heterocycles. The Balaban J connectivity index is 2.44. The van der Waals surface area contributed by atoms with Gasteiger partial charge in [-0.2, -0.15) is 5.26 Å². The van der Waals surface area contributed by atoms with Gasteiger partial charge in [0, 0.05) is 12.0 Å². The quantitative estimate of drug-likeness (QED) is 0.788. The Hall–Kier alpha value is -1.60. The van der Waals surface area contributed by atoms with Gasteiger partial charge in [0.25, 0.3) is 0 Å². The van der Waals surface area contributed by atoms with Crippen molar-refractivity contribution in [3.05, 3.63) is 29.3 Å². The minimum absolute atomic E-state index is 0.106. The maximum atomic E-state index is 8.97. The van der Waals surface area contributed by atoms with Crippen LogP contribution in [0.5, 0.6) is 5.75 Å². The van der Waals surface area contributed by atoms with Crippen molar-refractivity contribution in [1.82, 2.24) is 5.32 Å². The van der Waals surface area contributed by atoms with Crippen LogP contribution >= 0.6 is 12.2 Å². The summed E-state index contributed by atoms with van der Waals surface area (Å²) in [6.45, 7) is 5.98. The Bertz CT molecular complexity index is 531. The van der Waals surface area contributed by atoms with Gasteiger partial charge in [-0.05, 0) is 39.0 Å². The molecule has 3 nitrogen and oxygen atoms in total. The van der Waals surface area contributed by atoms with Gasteiger partial charge in [0.05, 0.1) is 22.7 Å². The average molecular weight is 260 g/mol. The number of benzene rings is 1. The SMILES string of the molecule is CC(=S)NC1CC(C)(C)Oc2ccc(C#N)cc21. The summed E-state index contributed by atoms with van der Waals surface area (Å²) in [4.78, 5) is 0.756. The Morgan fingerprint density at radius 1 is 1.56 bits per heavy atom. The molecule has 1 heterocycles. The molecule has 4 heteroatoms. The summed E-state index contributed by atoms with van der Waals surface area (Å²) in [6, 6.07) is 7.78. The zero-order valence-electron chi connectivity index (χ0n) is 10.8. The molecule has 18 heavy (non-hydrogen) atoms. The number of ether oxygens (including phenoxy) is 1. The molecule has 0 bridgehead atoms. The molecular weight excluding hydrogens is 244 g/mol. The van der Waals surface area contributed by atoms with Crippen molar-refractivity contribution in [3.8, 4) is 11.8 Å². The van der Waals surface area contributed by atoms with Gasteiger partial charge in [0.15, 0.2) is 0 Å². The molecule has 1 unspecified atom stereocenters. The van der Waals surface area contributed by atoms with Gasteiger partial charge in [-0.15, -0.1) is 0 Å². The zero-order chi connectivity index (χ0) is 13.3. The minimum Gasteiger partial charge on any atom is -0.487 e. The number of hydrogen-bond acceptors (Lipinski definition) is 3. The zero-order valence-corrected chi connectivity index (χ0v) is 11.6. The van der Waals surface area contributed by atoms with Crippen LogP contribution in [0.2, 0.25) is 0 Å². The Morgan fingerprint density at radius 2 is 2.28 bits per heavy atom. The highest BCUT2D eigenvalue weighted by Crippen LogP contribution is 2.39. The first-order chi connectivity index (χ1) is 8.41. The third-order valence-corrected chi connectivity index (χ3v) is 3.09. The molecule has 1 aliphatic rings. The number of nitriles is 1. The maximum absolute atomic E-state index is 8.97. The van der Waals surface area contributed by atoms with Crippen LogP contribution in [0, 0.1) is 11.3 Å². The molecular formula is C14H16N2OS. The van der Waals surface area contributed by atoms with Crippen LogP contribution in [0.3, 0.4) is 0 Å². The van der Waals surface area contributed by atoms with Crippen LogP contribution in [0.25, 0.3) is 0 Å². The monoisotopic (exact) mass is 260 g/mol. The van der Waals surface area contributed by atoms with Crippen molar-refractivity contribution in [2.75, 3.05) is 0 Å². The highest BCUT2D eigenvalue weighted by molar-refractivity contribution is 7.80. The predicted molar refractivity (Wildman–Crippen MR) is 74.6 cm³/mol. The van der Waals surface area contributed by atoms with Crippen molar-refractivity contribution in [3.63, 3.8) is 0 Å². The van der Waals surface area contributed by atoms with Crippen molar-refractivity contribution in [2.24, 2.45) is 0 Å². The normalized spacial score (nSPS) is 20.2. The first-order valence-corrected chi connectivity index (χ1v) is 6.32. The topological polar surface area (TPSA) is 45.0 Å². The van der Waals surface area contributed by atoms with E-state index in [9.17, 15) is 0 Å². The fraction of sp³-hybridized carbons (Fsp3) is 0.429. The third kappa shape index (κ3) is 2.62. The molecule has 1 aromatic carbocycles. The van der Waals surface area contributed by atoms with Crippen molar-refractivity contribution in [2.45, 2.75) is 38.8 Å². The van der Waals surface area contributed by atoms with E-state index in [1.54, 1.807) is 6.07 Å². The second-order valence-electron chi connectivity index (χ2n) is 5.18. The maximum Gasteiger partial charge on any atom is 0.125 e. The number of hydrogen-bond donors (Lipinski definition) is 1. The number of fused-ring (bicyclic) bond motifs is 1. The fourth-order valence-electron chi connectivity index (χ4n) is 2.30. The lowest BCUT2D eigenvalue weighted by Crippen LogP contribution is -2.40. The van der Waals surface area contributed by atoms with E-state index in [2.05, 4.69) is 25.2 Å². The highest BCUT2D eigenvalue weighted by atomic mass is 32.1. The molecule has 1 atom stereocenters. The summed E-state index contributed by atoms with van der Waals surface area (Å²) in [5.74, 6) is 0.832. The second-order valence-corrected chi connectivity index (χ2v) is 5.80. The van der Waals surface area contributed by atoms with Crippen molar-refractivity contribution >= 4 is 17.2 Å². The molecule has 1 aliphatic heterocycles. The van der Waals surface area contributed by atoms with E-state index in [0.29, 0.717) is 5.56 Å². The summed E-state index contributed by atoms with van der Waals surface area (Å²) in [6.07, 6.45) is 0.822. The van der Waals surface area contributed by atoms with Gasteiger partial charge in [-0.25, -0.2) is 0 Å². The van der Waals surface area contributed by atoms with Crippen LogP contribution in [-0.2, 0) is 0 Å². The predicted octanol–water partition coefficient (Wildman–Crippen LogP) is 3.10. The van der Waals surface area contributed by atoms with Crippen LogP contribution < -0.4 is 10.1 Å². The molecule has 1 N–H and O–H groups in total. The van der Waals surface area contributed by atoms with Gasteiger partial charge in [-0.1, -0.05) is 12.2 Å². The average Bonchev–Trinajstić information content (AvgIpc) is 2.26. The minimum atomic E-state index is -0.233. The molecule has 2 rings (SSSR count). The van der Waals surface area contributed by atoms with Gasteiger partial charge in [0.1, 0.15) is 11.4 Å². The van der Waals surface area contributed by atoms with E-state index in [0.717, 1.165) is 22.7 Å². The lowest BCUT2D eigenvalue weighted by Gasteiger charge is -2.38. The second kappa shape index (κ2) is 4.58. The molecule has 94 valence electrons. The lowest BCUT2D eigenvalue weighted by atomic mass is 9.89. The summed E-state index contributed by atoms with van der Waals surface area (Å²) in [5, 5.41) is 12.3. The molecule has 1 aromatic rings. The van der Waals surface area contributed by atoms with Gasteiger partial charge in [-0.3, -0.25) is 0 Å². The standard InChI is InChI=1S/C14H16N2OS/c1-9(18)16-12-7-14(2,3)17-13-5-4-10(8-15)6-11(12)13/h4-6,12H,7H2,1-3H3,(H,16,18). The highest BCUT2D eigenvalue weighted by Gasteiger charge is 2.33. The van der Waals surface area contributed by atoms with E-state index in [1.807, 2.05) is 19.1 Å². The van der Waals surface area contributed by atoms with E-state index in [4.69, 9.17) is 22.2 Å². The number of nitrogens with one attached hydrogen (secondary N) is 1. The van der Waals surface area contributed by atoms with Gasteiger partial charge in [0.2, 0.25) is 0 Å². The summed E-state index contributed by atoms with van der Waals surface area (Å²) in [5.41, 5.74) is 1.42. The first kappa shape index (κ1) is 12.8. The number of nitrogens with zero attached hydrogens (tertiary/aromatic N) is 1. The van der Waals surface area contributed by atoms with E-state index < -0.39 is 0 Å². The third-order valence-electron chi connectivity index (χ3n) is 2.97. The van der Waals surface area contributed by atoms with E-state index in [-0.39, 0.29) is 11.6 Å². The first-order valence-electron chi connectivity index (χ1n) is 5.91. The van der Waals surface area contributed by atoms with Crippen molar-refractivity contribution < 1.29 is 4.74 Å². The smallest absolute Gasteiger partial charge is 0.125 e. The fourth-order valence-corrected chi connectivity index (χ4v) is 2.44. The number of rotatable bonds is 1. The van der Waals surface area contributed by atoms with Crippen LogP contribution in [0.4, 0.5) is 0 Å². The van der Waals surface area contributed by atoms with Crippen LogP contribution in [-0.4, -0.2) is 10.6 Å². The summed E-state index contributed by atoms with van der Waals surface area (Å²) >= 11 is 5.12. The Morgan fingerprint density at radius 3 is 2.89 bits per heavy atom. The van der Waals surface area contributed by atoms with Crippen LogP contribution in [0.15, 0.2) is 18.2 Å². The summed E-state index contributed by atoms with van der Waals surface area (Å²) < 4.78 is 5.94. The Labute approximate surface area is 113 Å². The van der Waals surface area contributed by atoms with E-state index >= 15 is 0 Å². The molecule has 0 aliphatic carbocycles. The molecule has 0 amide bonds. The van der Waals surface area contributed by atoms with Crippen molar-refractivity contribution in [1.29, 1.82) is 5.26 Å². The molecule has 0 saturated carbocycles. The largest absolute Gasteiger partial charge is 0.487 e. The lowest BCUT2D eigenvalue weighted by molar-refractivity contribution is 0.0696. The molecule has 0 spiro atoms. The summed E-state index contributed by atoms with van der Waals surface area (Å²) in [7, 11) is 0. The molecule has 0 fully saturated rings. The molecule has 0 radical (unpaired) electrons. The van der Waals surface area contributed by atoms with E-state index in [1.165, 1.54) is 0 Å². The van der Waals surface area contributed by atoms with Gasteiger partial charge >= 0.3 is 0 Å². The van der Waals surface area contributed by atoms with Gasteiger partial charge < -0.3 is 10.1 Å².